The van der Waals surface area contributed by atoms with Crippen LogP contribution in [-0.2, 0) is 0 Å². The molecule has 1 unspecified atom stereocenters. The van der Waals surface area contributed by atoms with Crippen molar-refractivity contribution in [1.29, 1.82) is 0 Å². The van der Waals surface area contributed by atoms with Crippen molar-refractivity contribution < 1.29 is 0 Å². The molecule has 1 fully saturated rings. The summed E-state index contributed by atoms with van der Waals surface area (Å²) in [6.45, 7) is 2.27. The highest BCUT2D eigenvalue weighted by Gasteiger charge is 2.17. The van der Waals surface area contributed by atoms with Crippen LogP contribution >= 0.6 is 35.3 Å². The maximum Gasteiger partial charge on any atom is 0.0931 e. The van der Waals surface area contributed by atoms with Crippen LogP contribution in [0, 0.1) is 0 Å². The van der Waals surface area contributed by atoms with E-state index >= 15 is 0 Å². The molecule has 1 aliphatic heterocycles. The van der Waals surface area contributed by atoms with Crippen LogP contribution in [0.15, 0.2) is 12.1 Å². The number of nitrogens with one attached hydrogen (secondary N) is 1. The van der Waals surface area contributed by atoms with Crippen molar-refractivity contribution in [3.05, 3.63) is 21.3 Å². The molecule has 1 aromatic rings. The van der Waals surface area contributed by atoms with Crippen LogP contribution in [0.4, 0.5) is 0 Å². The Hall–Kier alpha value is 0.240. The van der Waals surface area contributed by atoms with E-state index < -0.39 is 0 Å². The summed E-state index contributed by atoms with van der Waals surface area (Å²) in [5.41, 5.74) is 0. The van der Waals surface area contributed by atoms with E-state index in [1.54, 1.807) is 11.3 Å². The lowest BCUT2D eigenvalue weighted by atomic mass is 10.1. The molecule has 4 heteroatoms. The van der Waals surface area contributed by atoms with Gasteiger partial charge in [0, 0.05) is 17.3 Å². The topological polar surface area (TPSA) is 12.0 Å². The number of rotatable bonds is 1. The van der Waals surface area contributed by atoms with E-state index in [-0.39, 0.29) is 12.4 Å². The van der Waals surface area contributed by atoms with Gasteiger partial charge in [-0.25, -0.2) is 0 Å². The first kappa shape index (κ1) is 10.3. The molecule has 0 amide bonds. The second-order valence-electron chi connectivity index (χ2n) is 2.83. The van der Waals surface area contributed by atoms with Crippen LogP contribution in [0.3, 0.4) is 0 Å². The number of hydrogen-bond donors (Lipinski definition) is 1. The first-order valence-electron chi connectivity index (χ1n) is 3.82. The normalized spacial score (nSPS) is 22.2. The number of thiophene rings is 1. The van der Waals surface area contributed by atoms with E-state index in [1.807, 2.05) is 6.07 Å². The molecule has 1 N–H and O–H groups in total. The summed E-state index contributed by atoms with van der Waals surface area (Å²) in [5.74, 6) is 0.715. The zero-order valence-corrected chi connectivity index (χ0v) is 8.94. The molecule has 0 aliphatic carbocycles. The Kier molecular flexibility index (Phi) is 3.84. The number of hydrogen-bond acceptors (Lipinski definition) is 2. The van der Waals surface area contributed by atoms with Crippen molar-refractivity contribution in [2.75, 3.05) is 13.1 Å². The quantitative estimate of drug-likeness (QED) is 0.773. The monoisotopic (exact) mass is 223 g/mol. The molecule has 0 saturated carbocycles. The Morgan fingerprint density at radius 2 is 2.33 bits per heavy atom. The zero-order valence-electron chi connectivity index (χ0n) is 6.55. The molecule has 2 rings (SSSR count). The summed E-state index contributed by atoms with van der Waals surface area (Å²) >= 11 is 7.55. The minimum absolute atomic E-state index is 0. The molecule has 0 spiro atoms. The highest BCUT2D eigenvalue weighted by molar-refractivity contribution is 7.16. The van der Waals surface area contributed by atoms with Crippen molar-refractivity contribution >= 4 is 35.3 Å². The van der Waals surface area contributed by atoms with Crippen LogP contribution in [-0.4, -0.2) is 13.1 Å². The third-order valence-electron chi connectivity index (χ3n) is 2.06. The van der Waals surface area contributed by atoms with E-state index in [0.29, 0.717) is 5.92 Å². The third kappa shape index (κ3) is 2.13. The van der Waals surface area contributed by atoms with E-state index in [1.165, 1.54) is 11.3 Å². The predicted octanol–water partition coefficient (Wildman–Crippen LogP) is 2.90. The predicted molar refractivity (Wildman–Crippen MR) is 56.8 cm³/mol. The van der Waals surface area contributed by atoms with Crippen LogP contribution in [0.2, 0.25) is 4.34 Å². The smallest absolute Gasteiger partial charge is 0.0931 e. The highest BCUT2D eigenvalue weighted by atomic mass is 35.5. The van der Waals surface area contributed by atoms with Crippen LogP contribution in [0.1, 0.15) is 17.2 Å². The summed E-state index contributed by atoms with van der Waals surface area (Å²) in [6, 6.07) is 4.13. The van der Waals surface area contributed by atoms with Gasteiger partial charge in [-0.15, -0.1) is 23.7 Å². The average Bonchev–Trinajstić information content (AvgIpc) is 2.55. The molecular weight excluding hydrogens is 213 g/mol. The summed E-state index contributed by atoms with van der Waals surface area (Å²) in [6.07, 6.45) is 1.26. The summed E-state index contributed by atoms with van der Waals surface area (Å²) in [5, 5.41) is 3.34. The lowest BCUT2D eigenvalue weighted by Crippen LogP contribution is -2.07. The van der Waals surface area contributed by atoms with Gasteiger partial charge < -0.3 is 5.32 Å². The summed E-state index contributed by atoms with van der Waals surface area (Å²) < 4.78 is 0.909. The van der Waals surface area contributed by atoms with E-state index in [0.717, 1.165) is 17.4 Å². The van der Waals surface area contributed by atoms with E-state index in [4.69, 9.17) is 11.6 Å². The van der Waals surface area contributed by atoms with Crippen molar-refractivity contribution in [3.8, 4) is 0 Å². The Labute approximate surface area is 87.5 Å². The molecule has 1 saturated heterocycles. The van der Waals surface area contributed by atoms with Gasteiger partial charge in [0.15, 0.2) is 0 Å². The fourth-order valence-corrected chi connectivity index (χ4v) is 2.64. The molecule has 0 bridgehead atoms. The first-order valence-corrected chi connectivity index (χ1v) is 5.01. The van der Waals surface area contributed by atoms with Crippen LogP contribution in [0.5, 0.6) is 0 Å². The zero-order chi connectivity index (χ0) is 7.68. The van der Waals surface area contributed by atoms with Crippen molar-refractivity contribution in [2.45, 2.75) is 12.3 Å². The Morgan fingerprint density at radius 1 is 1.50 bits per heavy atom. The van der Waals surface area contributed by atoms with Gasteiger partial charge in [-0.3, -0.25) is 0 Å². The molecular formula is C8H11Cl2NS. The summed E-state index contributed by atoms with van der Waals surface area (Å²) in [4.78, 5) is 1.43. The van der Waals surface area contributed by atoms with Crippen molar-refractivity contribution in [1.82, 2.24) is 5.32 Å². The molecule has 1 nitrogen and oxygen atoms in total. The molecule has 12 heavy (non-hydrogen) atoms. The average molecular weight is 224 g/mol. The molecule has 1 aromatic heterocycles. The molecule has 1 aliphatic rings. The second kappa shape index (κ2) is 4.47. The molecule has 1 atom stereocenters. The molecule has 2 heterocycles. The van der Waals surface area contributed by atoms with Crippen LogP contribution in [0.25, 0.3) is 0 Å². The lowest BCUT2D eigenvalue weighted by Gasteiger charge is -2.02. The molecule has 0 radical (unpaired) electrons. The maximum atomic E-state index is 5.84. The van der Waals surface area contributed by atoms with Crippen LogP contribution < -0.4 is 5.32 Å². The maximum absolute atomic E-state index is 5.84. The second-order valence-corrected chi connectivity index (χ2v) is 4.58. The Morgan fingerprint density at radius 3 is 2.83 bits per heavy atom. The van der Waals surface area contributed by atoms with Gasteiger partial charge in [-0.1, -0.05) is 11.6 Å². The van der Waals surface area contributed by atoms with Gasteiger partial charge in [0.05, 0.1) is 4.34 Å². The van der Waals surface area contributed by atoms with Crippen molar-refractivity contribution in [2.24, 2.45) is 0 Å². The van der Waals surface area contributed by atoms with Gasteiger partial charge in [-0.05, 0) is 25.1 Å². The third-order valence-corrected chi connectivity index (χ3v) is 3.45. The van der Waals surface area contributed by atoms with Gasteiger partial charge in [0.25, 0.3) is 0 Å². The number of halogens is 2. The van der Waals surface area contributed by atoms with E-state index in [2.05, 4.69) is 11.4 Å². The standard InChI is InChI=1S/C8H10ClNS.ClH/c9-8-2-1-7(11-8)6-3-4-10-5-6;/h1-2,6,10H,3-5H2;1H. The molecule has 0 aromatic carbocycles. The van der Waals surface area contributed by atoms with Crippen molar-refractivity contribution in [3.63, 3.8) is 0 Å². The lowest BCUT2D eigenvalue weighted by molar-refractivity contribution is 0.779. The molecule has 68 valence electrons. The minimum atomic E-state index is 0. The Balaban J connectivity index is 0.000000720. The summed E-state index contributed by atoms with van der Waals surface area (Å²) in [7, 11) is 0. The fourth-order valence-electron chi connectivity index (χ4n) is 1.45. The SMILES string of the molecule is Cl.Clc1ccc(C2CCNC2)s1. The largest absolute Gasteiger partial charge is 0.316 e. The first-order chi connectivity index (χ1) is 5.36. The Bertz CT molecular complexity index is 243. The van der Waals surface area contributed by atoms with E-state index in [9.17, 15) is 0 Å². The highest BCUT2D eigenvalue weighted by Crippen LogP contribution is 2.31. The van der Waals surface area contributed by atoms with Gasteiger partial charge >= 0.3 is 0 Å². The van der Waals surface area contributed by atoms with Gasteiger partial charge in [-0.2, -0.15) is 0 Å². The van der Waals surface area contributed by atoms with Gasteiger partial charge in [0.1, 0.15) is 0 Å². The minimum Gasteiger partial charge on any atom is -0.316 e. The van der Waals surface area contributed by atoms with Gasteiger partial charge in [0.2, 0.25) is 0 Å². The fraction of sp³-hybridized carbons (Fsp3) is 0.500.